The van der Waals surface area contributed by atoms with Gasteiger partial charge in [0.15, 0.2) is 11.6 Å². The second kappa shape index (κ2) is 5.71. The van der Waals surface area contributed by atoms with Gasteiger partial charge in [-0.25, -0.2) is 9.18 Å². The zero-order chi connectivity index (χ0) is 14.0. The molecule has 0 atom stereocenters. The Hall–Kier alpha value is -1.40. The van der Waals surface area contributed by atoms with E-state index in [1.807, 2.05) is 0 Å². The van der Waals surface area contributed by atoms with Crippen LogP contribution in [0.4, 0.5) is 4.39 Å². The van der Waals surface area contributed by atoms with Crippen molar-refractivity contribution in [3.05, 3.63) is 56.7 Å². The monoisotopic (exact) mass is 388 g/mol. The molecule has 0 saturated heterocycles. The number of ether oxygens (including phenoxy) is 1. The van der Waals surface area contributed by atoms with Crippen LogP contribution >= 0.6 is 31.9 Å². The number of hydrogen-bond donors (Lipinski definition) is 1. The van der Waals surface area contributed by atoms with Crippen LogP contribution in [0.15, 0.2) is 45.3 Å². The molecule has 6 heteroatoms. The molecule has 0 spiro atoms. The van der Waals surface area contributed by atoms with Gasteiger partial charge in [-0.2, -0.15) is 0 Å². The number of hydrogen-bond acceptors (Lipinski definition) is 2. The third kappa shape index (κ3) is 3.13. The maximum atomic E-state index is 13.7. The Bertz CT molecular complexity index is 644. The van der Waals surface area contributed by atoms with Crippen LogP contribution in [0.25, 0.3) is 0 Å². The number of benzene rings is 2. The van der Waals surface area contributed by atoms with Gasteiger partial charge >= 0.3 is 5.97 Å². The fourth-order valence-electron chi connectivity index (χ4n) is 1.47. The van der Waals surface area contributed by atoms with E-state index in [-0.39, 0.29) is 17.1 Å². The normalized spacial score (nSPS) is 10.3. The average molecular weight is 390 g/mol. The summed E-state index contributed by atoms with van der Waals surface area (Å²) in [6, 6.07) is 8.93. The van der Waals surface area contributed by atoms with E-state index in [9.17, 15) is 9.18 Å². The quantitative estimate of drug-likeness (QED) is 0.816. The van der Waals surface area contributed by atoms with Gasteiger partial charge in [0.1, 0.15) is 11.3 Å². The van der Waals surface area contributed by atoms with E-state index in [0.717, 1.165) is 0 Å². The topological polar surface area (TPSA) is 46.5 Å². The zero-order valence-corrected chi connectivity index (χ0v) is 12.5. The maximum Gasteiger partial charge on any atom is 0.340 e. The molecule has 1 N–H and O–H groups in total. The first-order chi connectivity index (χ1) is 8.99. The molecule has 2 aromatic rings. The second-order valence-electron chi connectivity index (χ2n) is 3.59. The number of carboxylic acids is 1. The Morgan fingerprint density at radius 1 is 1.16 bits per heavy atom. The van der Waals surface area contributed by atoms with Crippen molar-refractivity contribution in [1.29, 1.82) is 0 Å². The molecule has 0 heterocycles. The minimum absolute atomic E-state index is 0.0381. The van der Waals surface area contributed by atoms with Gasteiger partial charge in [0.2, 0.25) is 0 Å². The predicted octanol–water partition coefficient (Wildman–Crippen LogP) is 4.84. The Labute approximate surface area is 125 Å². The molecule has 2 rings (SSSR count). The summed E-state index contributed by atoms with van der Waals surface area (Å²) < 4.78 is 19.9. The highest BCUT2D eigenvalue weighted by Gasteiger charge is 2.17. The first-order valence-corrected chi connectivity index (χ1v) is 6.72. The van der Waals surface area contributed by atoms with Gasteiger partial charge in [0, 0.05) is 8.95 Å². The van der Waals surface area contributed by atoms with Crippen LogP contribution in [0.3, 0.4) is 0 Å². The lowest BCUT2D eigenvalue weighted by Gasteiger charge is -2.10. The van der Waals surface area contributed by atoms with Gasteiger partial charge in [-0.1, -0.05) is 22.0 Å². The van der Waals surface area contributed by atoms with E-state index < -0.39 is 11.8 Å². The molecule has 19 heavy (non-hydrogen) atoms. The fourth-order valence-corrected chi connectivity index (χ4v) is 2.32. The van der Waals surface area contributed by atoms with Crippen molar-refractivity contribution in [1.82, 2.24) is 0 Å². The number of carbonyl (C=O) groups is 1. The van der Waals surface area contributed by atoms with Crippen LogP contribution in [0.2, 0.25) is 0 Å². The third-order valence-corrected chi connectivity index (χ3v) is 3.46. The van der Waals surface area contributed by atoms with E-state index in [4.69, 9.17) is 9.84 Å². The Balaban J connectivity index is 2.44. The Kier molecular flexibility index (Phi) is 4.21. The summed E-state index contributed by atoms with van der Waals surface area (Å²) in [6.07, 6.45) is 0. The predicted molar refractivity (Wildman–Crippen MR) is 75.3 cm³/mol. The van der Waals surface area contributed by atoms with E-state index in [1.54, 1.807) is 18.2 Å². The molecule has 98 valence electrons. The lowest BCUT2D eigenvalue weighted by molar-refractivity contribution is 0.0693. The lowest BCUT2D eigenvalue weighted by Crippen LogP contribution is -2.01. The lowest BCUT2D eigenvalue weighted by atomic mass is 10.2. The van der Waals surface area contributed by atoms with Crippen molar-refractivity contribution in [3.8, 4) is 11.5 Å². The van der Waals surface area contributed by atoms with Gasteiger partial charge in [0.25, 0.3) is 0 Å². The van der Waals surface area contributed by atoms with E-state index in [1.165, 1.54) is 18.2 Å². The molecule has 2 aromatic carbocycles. The van der Waals surface area contributed by atoms with Crippen molar-refractivity contribution >= 4 is 37.8 Å². The highest BCUT2D eigenvalue weighted by Crippen LogP contribution is 2.32. The fraction of sp³-hybridized carbons (Fsp3) is 0. The molecule has 0 amide bonds. The molecule has 0 bridgehead atoms. The molecule has 0 radical (unpaired) electrons. The molecule has 0 unspecified atom stereocenters. The second-order valence-corrected chi connectivity index (χ2v) is 5.36. The zero-order valence-electron chi connectivity index (χ0n) is 9.36. The first kappa shape index (κ1) is 14.0. The molecule has 0 aliphatic heterocycles. The molecule has 0 aromatic heterocycles. The molecule has 0 saturated carbocycles. The largest absolute Gasteiger partial charge is 0.478 e. The van der Waals surface area contributed by atoms with E-state index in [0.29, 0.717) is 8.95 Å². The summed E-state index contributed by atoms with van der Waals surface area (Å²) in [5.74, 6) is -1.70. The van der Waals surface area contributed by atoms with E-state index >= 15 is 0 Å². The van der Waals surface area contributed by atoms with Crippen LogP contribution in [-0.4, -0.2) is 11.1 Å². The molecular weight excluding hydrogens is 383 g/mol. The van der Waals surface area contributed by atoms with Crippen LogP contribution < -0.4 is 4.74 Å². The molecular formula is C13H7Br2FO3. The van der Waals surface area contributed by atoms with Gasteiger partial charge in [0.05, 0.1) is 0 Å². The Morgan fingerprint density at radius 2 is 1.89 bits per heavy atom. The summed E-state index contributed by atoms with van der Waals surface area (Å²) in [7, 11) is 0. The summed E-state index contributed by atoms with van der Waals surface area (Å²) in [5, 5.41) is 9.13. The standard InChI is InChI=1S/C13H7Br2FO3/c14-7-4-5-10(9(16)6-7)19-11-3-1-2-8(15)12(11)13(17)18/h1-6H,(H,17,18). The summed E-state index contributed by atoms with van der Waals surface area (Å²) in [4.78, 5) is 11.2. The number of carboxylic acid groups (broad SMARTS) is 1. The number of rotatable bonds is 3. The maximum absolute atomic E-state index is 13.7. The van der Waals surface area contributed by atoms with Crippen LogP contribution in [0.5, 0.6) is 11.5 Å². The highest BCUT2D eigenvalue weighted by molar-refractivity contribution is 9.10. The van der Waals surface area contributed by atoms with Crippen molar-refractivity contribution < 1.29 is 19.0 Å². The van der Waals surface area contributed by atoms with Gasteiger partial charge in [-0.15, -0.1) is 0 Å². The van der Waals surface area contributed by atoms with Crippen molar-refractivity contribution in [2.24, 2.45) is 0 Å². The molecule has 3 nitrogen and oxygen atoms in total. The summed E-state index contributed by atoms with van der Waals surface area (Å²) in [5.41, 5.74) is -0.0511. The SMILES string of the molecule is O=C(O)c1c(Br)cccc1Oc1ccc(Br)cc1F. The van der Waals surface area contributed by atoms with Gasteiger partial charge in [-0.05, 0) is 46.3 Å². The number of halogens is 3. The van der Waals surface area contributed by atoms with Crippen molar-refractivity contribution in [2.45, 2.75) is 0 Å². The minimum Gasteiger partial charge on any atom is -0.478 e. The summed E-state index contributed by atoms with van der Waals surface area (Å²) in [6.45, 7) is 0. The number of aromatic carboxylic acids is 1. The van der Waals surface area contributed by atoms with Crippen LogP contribution in [-0.2, 0) is 0 Å². The molecule has 0 aliphatic carbocycles. The highest BCUT2D eigenvalue weighted by atomic mass is 79.9. The van der Waals surface area contributed by atoms with Crippen molar-refractivity contribution in [3.63, 3.8) is 0 Å². The molecule has 0 fully saturated rings. The van der Waals surface area contributed by atoms with Crippen LogP contribution in [0, 0.1) is 5.82 Å². The molecule has 0 aliphatic rings. The minimum atomic E-state index is -1.15. The Morgan fingerprint density at radius 3 is 2.53 bits per heavy atom. The smallest absolute Gasteiger partial charge is 0.340 e. The third-order valence-electron chi connectivity index (χ3n) is 2.30. The summed E-state index contributed by atoms with van der Waals surface area (Å²) >= 11 is 6.26. The van der Waals surface area contributed by atoms with Crippen molar-refractivity contribution in [2.75, 3.05) is 0 Å². The average Bonchev–Trinajstić information content (AvgIpc) is 2.32. The van der Waals surface area contributed by atoms with Gasteiger partial charge < -0.3 is 9.84 Å². The van der Waals surface area contributed by atoms with Gasteiger partial charge in [-0.3, -0.25) is 0 Å². The van der Waals surface area contributed by atoms with E-state index in [2.05, 4.69) is 31.9 Å². The van der Waals surface area contributed by atoms with Crippen LogP contribution in [0.1, 0.15) is 10.4 Å². The first-order valence-electron chi connectivity index (χ1n) is 5.13.